The molecule has 2 saturated heterocycles. The number of nitrogens with zero attached hydrogens (tertiary/aromatic N) is 1. The van der Waals surface area contributed by atoms with Crippen molar-refractivity contribution in [2.24, 2.45) is 17.6 Å². The van der Waals surface area contributed by atoms with Gasteiger partial charge in [0, 0.05) is 11.5 Å². The Bertz CT molecular complexity index is 3910. The number of fused-ring (bicyclic) bond motifs is 3. The first kappa shape index (κ1) is 76.0. The summed E-state index contributed by atoms with van der Waals surface area (Å²) in [6.45, 7) is -4.57. The number of rotatable bonds is 23. The van der Waals surface area contributed by atoms with Gasteiger partial charge in [-0.2, -0.15) is 67.3 Å². The molecule has 1 aromatic carbocycles. The van der Waals surface area contributed by atoms with Crippen LogP contribution < -0.4 is 5.73 Å². The highest BCUT2D eigenvalue weighted by atomic mass is 32.3. The molecule has 54 heteroatoms. The number of phenolic OH excluding ortho intramolecular Hbond substituents is 1. The molecule has 506 valence electrons. The number of Topliss-reactive ketones (excluding diaryl/α,β-unsaturated/α-hetero) is 2. The lowest BCUT2D eigenvalue weighted by Crippen LogP contribution is -2.68. The van der Waals surface area contributed by atoms with Crippen LogP contribution in [0.15, 0.2) is 40.9 Å². The van der Waals surface area contributed by atoms with Gasteiger partial charge in [-0.3, -0.25) is 55.7 Å². The van der Waals surface area contributed by atoms with E-state index in [0.717, 1.165) is 0 Å². The van der Waals surface area contributed by atoms with Gasteiger partial charge in [0.1, 0.15) is 60.0 Å². The summed E-state index contributed by atoms with van der Waals surface area (Å²) < 4.78 is 307. The van der Waals surface area contributed by atoms with Gasteiger partial charge in [-0.15, -0.1) is 0 Å². The Morgan fingerprint density at radius 3 is 1.56 bits per heavy atom. The van der Waals surface area contributed by atoms with Crippen molar-refractivity contribution in [1.29, 1.82) is 0 Å². The number of carbonyl (C=O) groups excluding carboxylic acids is 3. The second kappa shape index (κ2) is 26.3. The van der Waals surface area contributed by atoms with Crippen LogP contribution in [0.1, 0.15) is 28.8 Å². The Morgan fingerprint density at radius 1 is 0.648 bits per heavy atom. The summed E-state index contributed by atoms with van der Waals surface area (Å²) in [5.74, 6) is -13.0. The Balaban J connectivity index is 0.000000423. The first-order valence-corrected chi connectivity index (χ1v) is 33.3. The lowest BCUT2D eigenvalue weighted by Gasteiger charge is -2.53. The van der Waals surface area contributed by atoms with E-state index in [1.165, 1.54) is 25.1 Å². The molecule has 17 N–H and O–H groups in total. The molecular formula is C34H48N2O44S8. The van der Waals surface area contributed by atoms with Crippen LogP contribution in [0.4, 0.5) is 0 Å². The van der Waals surface area contributed by atoms with Crippen LogP contribution in [0.2, 0.25) is 0 Å². The minimum atomic E-state index is -6.24. The van der Waals surface area contributed by atoms with Crippen molar-refractivity contribution in [3.63, 3.8) is 0 Å². The molecule has 0 spiro atoms. The lowest BCUT2D eigenvalue weighted by molar-refractivity contribution is -0.374. The molecule has 1 amide bonds. The zero-order chi connectivity index (χ0) is 66.9. The third-order valence-electron chi connectivity index (χ3n) is 12.7. The summed E-state index contributed by atoms with van der Waals surface area (Å²) in [7, 11) is -45.3. The van der Waals surface area contributed by atoms with Gasteiger partial charge in [0.15, 0.2) is 29.9 Å². The fraction of sp³-hybridized carbons (Fsp3) is 0.618. The molecule has 46 nitrogen and oxygen atoms in total. The largest absolute Gasteiger partial charge is 0.510 e. The van der Waals surface area contributed by atoms with Crippen molar-refractivity contribution in [3.8, 4) is 5.75 Å². The zero-order valence-electron chi connectivity index (χ0n) is 43.2. The van der Waals surface area contributed by atoms with Crippen LogP contribution >= 0.6 is 0 Å². The van der Waals surface area contributed by atoms with E-state index in [1.807, 2.05) is 0 Å². The predicted molar refractivity (Wildman–Crippen MR) is 265 cm³/mol. The maximum atomic E-state index is 13.3. The van der Waals surface area contributed by atoms with E-state index in [-0.39, 0.29) is 16.8 Å². The van der Waals surface area contributed by atoms with Crippen LogP contribution in [0.5, 0.6) is 5.75 Å². The molecule has 88 heavy (non-hydrogen) atoms. The van der Waals surface area contributed by atoms with E-state index in [1.54, 1.807) is 19.1 Å². The number of primary amides is 1. The van der Waals surface area contributed by atoms with Crippen LogP contribution in [0.25, 0.3) is 0 Å². The molecule has 2 fully saturated rings. The van der Waals surface area contributed by atoms with Gasteiger partial charge in [-0.05, 0) is 31.6 Å². The highest BCUT2D eigenvalue weighted by Crippen LogP contribution is 2.55. The summed E-state index contributed by atoms with van der Waals surface area (Å²) in [4.78, 5) is 39.8. The molecule has 2 aliphatic heterocycles. The summed E-state index contributed by atoms with van der Waals surface area (Å²) in [5.41, 5.74) is 1.36. The van der Waals surface area contributed by atoms with Crippen LogP contribution in [-0.4, -0.2) is 264 Å². The normalized spacial score (nSPS) is 31.7. The number of nitrogens with two attached hydrogens (primary N) is 1. The number of carbonyl (C=O) groups is 3. The third kappa shape index (κ3) is 18.0. The summed E-state index contributed by atoms with van der Waals surface area (Å²) in [6.07, 6.45) is -27.6. The Morgan fingerprint density at radius 2 is 1.10 bits per heavy atom. The van der Waals surface area contributed by atoms with Crippen molar-refractivity contribution in [2.45, 2.75) is 85.4 Å². The standard InChI is InChI=1S/C22H24N2O8.C12H22O35S8.H2O/c1-7-8-5-4-6-9(25)11(8)16(26)12-10(7)17(27)14-15(24(2)3)18(28)13(21(23)31)20(30)22(14,32)19(12)29;13-48(14,15)37-1-4-6(43-51(22,23)24)8(45-53(28,29)30)9(46-54(31,32)33)11(40-4)42-12(3-39-50(19,20)21)10(47-55(34,35)36)7(44-52(25,26)27)5(41-12)2-38-49(16,17)18;/h4-7,10,14-15,17,25,27-29,32H,1-3H3,(H2,23,31);4-11H,1-3H2,(H,13,14,15)(H,16,17,18)(H,19,20,21)(H,22,23,24)(H,25,26,27)(H,28,29,30)(H,31,32,33)(H,34,35,36);1H2/t7-,10+,14+,15-,17-,22-;4-,5-,6-,7-,8+,9-,10+,11-,12+;/m01./s1. The van der Waals surface area contributed by atoms with Crippen LogP contribution in [0.3, 0.4) is 0 Å². The topological polar surface area (TPSA) is 750 Å². The van der Waals surface area contributed by atoms with Gasteiger partial charge in [0.25, 0.3) is 5.91 Å². The number of aliphatic hydroxyl groups excluding tert-OH is 3. The SMILES string of the molecule is C[C@H]1c2cccc(O)c2C(=O)C2=C(O)[C@]3(O)C(=O)C(C(N)=O)=C(O)[C@@H](N(C)C)[C@@H]3[C@@H](O)[C@@H]21.O.O=S(=O)(O)OC[C@H]1O[C@@](COS(=O)(=O)O)(O[C@H]2O[C@H](COS(=O)(=O)O)[C@@H](OS(=O)(=O)O)[C@H](OS(=O)(=O)O)[C@H]2OS(=O)(=O)O)[C@@H](OS(=O)(=O)O)[C@@H]1OS(=O)(=O)O. The minimum Gasteiger partial charge on any atom is -0.510 e. The lowest BCUT2D eigenvalue weighted by atomic mass is 9.55. The first-order chi connectivity index (χ1) is 39.0. The Kier molecular flexibility index (Phi) is 22.7. The molecule has 15 atom stereocenters. The Labute approximate surface area is 494 Å². The number of phenols is 1. The second-order valence-corrected chi connectivity index (χ2v) is 26.9. The molecular weight excluding hydrogens is 1400 g/mol. The van der Waals surface area contributed by atoms with Crippen molar-refractivity contribution in [1.82, 2.24) is 4.90 Å². The Hall–Kier alpha value is -4.41. The molecule has 6 rings (SSSR count). The monoisotopic (exact) mass is 1440 g/mol. The van der Waals surface area contributed by atoms with E-state index < -0.39 is 233 Å². The van der Waals surface area contributed by atoms with E-state index in [9.17, 15) is 135 Å². The average molecular weight is 1450 g/mol. The van der Waals surface area contributed by atoms with E-state index in [2.05, 4.69) is 33.5 Å². The average Bonchev–Trinajstić information content (AvgIpc) is 0.836. The number of likely N-dealkylation sites (N-methyl/N-ethyl adjacent to an activating group) is 1. The van der Waals surface area contributed by atoms with Gasteiger partial charge in [0.05, 0.1) is 36.8 Å². The number of amides is 1. The quantitative estimate of drug-likeness (QED) is 0.0357. The number of hydrogen-bond acceptors (Lipinski definition) is 36. The molecule has 1 aromatic rings. The highest BCUT2D eigenvalue weighted by molar-refractivity contribution is 7.82. The van der Waals surface area contributed by atoms with E-state index >= 15 is 0 Å². The fourth-order valence-corrected chi connectivity index (χ4v) is 13.3. The molecule has 0 unspecified atom stereocenters. The maximum Gasteiger partial charge on any atom is 0.397 e. The van der Waals surface area contributed by atoms with Gasteiger partial charge in [-0.1, -0.05) is 19.1 Å². The predicted octanol–water partition coefficient (Wildman–Crippen LogP) is -7.95. The highest BCUT2D eigenvalue weighted by Gasteiger charge is 2.68. The summed E-state index contributed by atoms with van der Waals surface area (Å²) >= 11 is 0. The van der Waals surface area contributed by atoms with Gasteiger partial charge in [-0.25, -0.2) is 33.5 Å². The van der Waals surface area contributed by atoms with Gasteiger partial charge in [0.2, 0.25) is 11.6 Å². The number of ether oxygens (including phenoxy) is 3. The number of hydrogen-bond donors (Lipinski definition) is 14. The maximum absolute atomic E-state index is 13.3. The van der Waals surface area contributed by atoms with Crippen molar-refractivity contribution >= 4 is 101 Å². The fourth-order valence-electron chi connectivity index (χ4n) is 9.82. The van der Waals surface area contributed by atoms with E-state index in [0.29, 0.717) is 5.56 Å². The van der Waals surface area contributed by atoms with Crippen LogP contribution in [-0.2, 0) is 140 Å². The number of ketones is 2. The molecule has 0 saturated carbocycles. The molecule has 3 aliphatic carbocycles. The summed E-state index contributed by atoms with van der Waals surface area (Å²) in [5, 5.41) is 55.0. The number of benzene rings is 1. The van der Waals surface area contributed by atoms with Crippen molar-refractivity contribution in [3.05, 3.63) is 52.0 Å². The number of aromatic hydroxyl groups is 1. The van der Waals surface area contributed by atoms with Crippen molar-refractivity contribution < 1.29 is 197 Å². The van der Waals surface area contributed by atoms with Crippen LogP contribution in [0, 0.1) is 11.8 Å². The minimum absolute atomic E-state index is 0. The van der Waals surface area contributed by atoms with Gasteiger partial charge < -0.3 is 51.0 Å². The number of aliphatic hydroxyl groups is 4. The molecule has 2 heterocycles. The zero-order valence-corrected chi connectivity index (χ0v) is 49.7. The molecule has 0 radical (unpaired) electrons. The van der Waals surface area contributed by atoms with E-state index in [4.69, 9.17) is 29.0 Å². The smallest absolute Gasteiger partial charge is 0.397 e. The molecule has 0 aromatic heterocycles. The molecule has 5 aliphatic rings. The second-order valence-electron chi connectivity index (χ2n) is 18.4. The summed E-state index contributed by atoms with van der Waals surface area (Å²) in [6, 6.07) is 3.17. The molecule has 0 bridgehead atoms. The first-order valence-electron chi connectivity index (χ1n) is 22.3. The third-order valence-corrected chi connectivity index (χ3v) is 16.3. The van der Waals surface area contributed by atoms with Crippen molar-refractivity contribution in [2.75, 3.05) is 33.9 Å². The van der Waals surface area contributed by atoms with Gasteiger partial charge >= 0.3 is 83.2 Å².